The Morgan fingerprint density at radius 1 is 1.33 bits per heavy atom. The first-order valence-electron chi connectivity index (χ1n) is 4.65. The lowest BCUT2D eigenvalue weighted by molar-refractivity contribution is -0.116. The summed E-state index contributed by atoms with van der Waals surface area (Å²) >= 11 is 0. The number of nitrogens with two attached hydrogens (primary N) is 2. The fourth-order valence-corrected chi connectivity index (χ4v) is 1.31. The minimum atomic E-state index is -0.468. The Bertz CT molecular complexity index is 120. The minimum Gasteiger partial charge on any atom is -0.369 e. The van der Waals surface area contributed by atoms with Gasteiger partial charge in [-0.25, -0.2) is 0 Å². The number of carbonyl (C=O) groups is 1. The molecule has 0 aromatic rings. The third-order valence-electron chi connectivity index (χ3n) is 2.10. The van der Waals surface area contributed by atoms with E-state index >= 15 is 0 Å². The lowest BCUT2D eigenvalue weighted by Gasteiger charge is -2.15. The normalized spacial score (nSPS) is 17.8. The first kappa shape index (κ1) is 11.4. The molecular weight excluding hydrogens is 152 g/mol. The topological polar surface area (TPSA) is 69.1 Å². The van der Waals surface area contributed by atoms with Gasteiger partial charge in [0.1, 0.15) is 0 Å². The van der Waals surface area contributed by atoms with Crippen molar-refractivity contribution in [2.75, 3.05) is 6.54 Å². The molecule has 0 aromatic heterocycles. The second-order valence-electron chi connectivity index (χ2n) is 3.41. The van der Waals surface area contributed by atoms with Gasteiger partial charge in [-0.3, -0.25) is 4.79 Å². The van der Waals surface area contributed by atoms with Crippen LogP contribution >= 0.6 is 0 Å². The number of hydrogen-bond acceptors (Lipinski definition) is 2. The molecule has 1 aliphatic carbocycles. The van der Waals surface area contributed by atoms with Gasteiger partial charge < -0.3 is 11.5 Å². The van der Waals surface area contributed by atoms with Crippen molar-refractivity contribution in [2.45, 2.75) is 39.0 Å². The molecule has 0 bridgehead atoms. The fourth-order valence-electron chi connectivity index (χ4n) is 1.31. The highest BCUT2D eigenvalue weighted by Crippen LogP contribution is 2.21. The molecule has 0 aliphatic heterocycles. The second kappa shape index (κ2) is 7.10. The van der Waals surface area contributed by atoms with Crippen LogP contribution in [0.25, 0.3) is 0 Å². The summed E-state index contributed by atoms with van der Waals surface area (Å²) in [4.78, 5) is 9.47. The van der Waals surface area contributed by atoms with Gasteiger partial charge in [0.25, 0.3) is 0 Å². The van der Waals surface area contributed by atoms with Crippen molar-refractivity contribution in [2.24, 2.45) is 17.4 Å². The van der Waals surface area contributed by atoms with Gasteiger partial charge in [0.15, 0.2) is 0 Å². The highest BCUT2D eigenvalue weighted by molar-refractivity contribution is 5.75. The van der Waals surface area contributed by atoms with Gasteiger partial charge in [-0.05, 0) is 5.92 Å². The minimum absolute atomic E-state index is 0.0556. The van der Waals surface area contributed by atoms with Crippen molar-refractivity contribution in [3.05, 3.63) is 0 Å². The third kappa shape index (κ3) is 7.54. The summed E-state index contributed by atoms with van der Waals surface area (Å²) in [5.41, 5.74) is 9.22. The molecule has 0 atom stereocenters. The van der Waals surface area contributed by atoms with Crippen LogP contribution in [-0.2, 0) is 4.79 Å². The molecule has 12 heavy (non-hydrogen) atoms. The van der Waals surface area contributed by atoms with Crippen molar-refractivity contribution in [1.82, 2.24) is 0 Å². The highest BCUT2D eigenvalue weighted by atomic mass is 16.1. The summed E-state index contributed by atoms with van der Waals surface area (Å²) in [6.45, 7) is 2.30. The molecule has 1 aliphatic rings. The molecular formula is C9H20N2O. The Hall–Kier alpha value is -0.570. The quantitative estimate of drug-likeness (QED) is 0.620. The molecule has 0 saturated heterocycles. The molecule has 0 heterocycles. The summed E-state index contributed by atoms with van der Waals surface area (Å²) in [6.07, 6.45) is 7.44. The van der Waals surface area contributed by atoms with Crippen LogP contribution in [0.4, 0.5) is 0 Å². The van der Waals surface area contributed by atoms with Crippen molar-refractivity contribution < 1.29 is 4.79 Å². The highest BCUT2D eigenvalue weighted by Gasteiger charge is 2.05. The van der Waals surface area contributed by atoms with E-state index in [4.69, 9.17) is 5.73 Å². The van der Waals surface area contributed by atoms with Crippen molar-refractivity contribution in [3.8, 4) is 0 Å². The zero-order valence-electron chi connectivity index (χ0n) is 7.88. The van der Waals surface area contributed by atoms with Crippen LogP contribution < -0.4 is 11.5 Å². The lowest BCUT2D eigenvalue weighted by atomic mass is 9.91. The maximum atomic E-state index is 9.47. The van der Waals surface area contributed by atoms with Crippen LogP contribution in [0.2, 0.25) is 0 Å². The number of hydrogen-bond donors (Lipinski definition) is 2. The van der Waals surface area contributed by atoms with Crippen molar-refractivity contribution in [1.29, 1.82) is 0 Å². The standard InChI is InChI=1S/C7H14.C2H6N2O/c1-7-5-3-2-4-6-7;3-1-2(4)5/h7H,2-6H2,1H3;1,3H2,(H2,4,5). The van der Waals surface area contributed by atoms with Crippen LogP contribution in [0.3, 0.4) is 0 Å². The van der Waals surface area contributed by atoms with Crippen LogP contribution in [0.5, 0.6) is 0 Å². The fraction of sp³-hybridized carbons (Fsp3) is 0.889. The van der Waals surface area contributed by atoms with Gasteiger partial charge >= 0.3 is 0 Å². The van der Waals surface area contributed by atoms with Gasteiger partial charge in [-0.15, -0.1) is 0 Å². The average Bonchev–Trinajstić information content (AvgIpc) is 2.07. The summed E-state index contributed by atoms with van der Waals surface area (Å²) in [5.74, 6) is 0.568. The first-order valence-corrected chi connectivity index (χ1v) is 4.65. The molecule has 1 saturated carbocycles. The Morgan fingerprint density at radius 3 is 1.92 bits per heavy atom. The summed E-state index contributed by atoms with van der Waals surface area (Å²) in [7, 11) is 0. The van der Waals surface area contributed by atoms with E-state index in [0.717, 1.165) is 5.92 Å². The van der Waals surface area contributed by atoms with E-state index in [9.17, 15) is 4.79 Å². The van der Waals surface area contributed by atoms with E-state index in [1.807, 2.05) is 0 Å². The van der Waals surface area contributed by atoms with Gasteiger partial charge in [0.05, 0.1) is 6.54 Å². The lowest BCUT2D eigenvalue weighted by Crippen LogP contribution is -2.21. The van der Waals surface area contributed by atoms with E-state index in [1.54, 1.807) is 0 Å². The van der Waals surface area contributed by atoms with Crippen LogP contribution in [0.1, 0.15) is 39.0 Å². The average molecular weight is 172 g/mol. The molecule has 0 aromatic carbocycles. The maximum absolute atomic E-state index is 9.47. The molecule has 0 unspecified atom stereocenters. The predicted molar refractivity (Wildman–Crippen MR) is 50.5 cm³/mol. The second-order valence-corrected chi connectivity index (χ2v) is 3.41. The smallest absolute Gasteiger partial charge is 0.231 e. The summed E-state index contributed by atoms with van der Waals surface area (Å²) in [6, 6.07) is 0. The van der Waals surface area contributed by atoms with Gasteiger partial charge in [0.2, 0.25) is 5.91 Å². The monoisotopic (exact) mass is 172 g/mol. The van der Waals surface area contributed by atoms with Crippen LogP contribution in [0.15, 0.2) is 0 Å². The molecule has 1 amide bonds. The molecule has 0 radical (unpaired) electrons. The molecule has 3 heteroatoms. The summed E-state index contributed by atoms with van der Waals surface area (Å²) < 4.78 is 0. The molecule has 0 spiro atoms. The van der Waals surface area contributed by atoms with Crippen molar-refractivity contribution in [3.63, 3.8) is 0 Å². The molecule has 1 fully saturated rings. The molecule has 3 nitrogen and oxygen atoms in total. The molecule has 72 valence electrons. The Kier molecular flexibility index (Phi) is 6.76. The third-order valence-corrected chi connectivity index (χ3v) is 2.10. The molecule has 4 N–H and O–H groups in total. The van der Waals surface area contributed by atoms with Crippen LogP contribution in [0, 0.1) is 5.92 Å². The number of primary amides is 1. The maximum Gasteiger partial charge on any atom is 0.231 e. The van der Waals surface area contributed by atoms with Gasteiger partial charge in [0, 0.05) is 0 Å². The number of amides is 1. The Morgan fingerprint density at radius 2 is 1.75 bits per heavy atom. The van der Waals surface area contributed by atoms with E-state index in [1.165, 1.54) is 32.1 Å². The van der Waals surface area contributed by atoms with E-state index in [2.05, 4.69) is 12.7 Å². The zero-order valence-corrected chi connectivity index (χ0v) is 7.88. The Balaban J connectivity index is 0.000000217. The van der Waals surface area contributed by atoms with E-state index < -0.39 is 5.91 Å². The van der Waals surface area contributed by atoms with Crippen molar-refractivity contribution >= 4 is 5.91 Å². The Labute approximate surface area is 74.5 Å². The van der Waals surface area contributed by atoms with E-state index in [-0.39, 0.29) is 6.54 Å². The summed E-state index contributed by atoms with van der Waals surface area (Å²) in [5, 5.41) is 0. The first-order chi connectivity index (χ1) is 5.66. The predicted octanol–water partition coefficient (Wildman–Crippen LogP) is 1.02. The number of rotatable bonds is 1. The number of carbonyl (C=O) groups excluding carboxylic acids is 1. The zero-order chi connectivity index (χ0) is 9.40. The van der Waals surface area contributed by atoms with Crippen LogP contribution in [-0.4, -0.2) is 12.5 Å². The van der Waals surface area contributed by atoms with Gasteiger partial charge in [-0.2, -0.15) is 0 Å². The largest absolute Gasteiger partial charge is 0.369 e. The van der Waals surface area contributed by atoms with Gasteiger partial charge in [-0.1, -0.05) is 39.0 Å². The SMILES string of the molecule is CC1CCCCC1.NCC(N)=O. The molecule has 1 rings (SSSR count). The van der Waals surface area contributed by atoms with E-state index in [0.29, 0.717) is 0 Å².